The van der Waals surface area contributed by atoms with Crippen molar-refractivity contribution in [2.75, 3.05) is 18.4 Å². The lowest BCUT2D eigenvalue weighted by Crippen LogP contribution is -2.23. The maximum atomic E-state index is 6.02. The summed E-state index contributed by atoms with van der Waals surface area (Å²) in [5.74, 6) is 0.443. The molecule has 4 heteroatoms. The lowest BCUT2D eigenvalue weighted by molar-refractivity contribution is 0.296. The van der Waals surface area contributed by atoms with E-state index in [4.69, 9.17) is 5.73 Å². The van der Waals surface area contributed by atoms with Crippen LogP contribution in [0.4, 0.5) is 5.69 Å². The van der Waals surface area contributed by atoms with Crippen molar-refractivity contribution in [3.05, 3.63) is 65.2 Å². The van der Waals surface area contributed by atoms with Crippen LogP contribution in [0.2, 0.25) is 0 Å². The Bertz CT molecular complexity index is 673. The number of rotatable bonds is 8. The van der Waals surface area contributed by atoms with Gasteiger partial charge in [-0.1, -0.05) is 57.2 Å². The smallest absolute Gasteiger partial charge is 0.193 e. The van der Waals surface area contributed by atoms with Crippen molar-refractivity contribution >= 4 is 11.6 Å². The maximum absolute atomic E-state index is 6.02. The van der Waals surface area contributed by atoms with E-state index in [1.165, 1.54) is 16.7 Å². The molecule has 0 aliphatic heterocycles. The van der Waals surface area contributed by atoms with Gasteiger partial charge in [0, 0.05) is 12.2 Å². The average molecular weight is 338 g/mol. The normalized spacial score (nSPS) is 11.8. The number of nitrogens with zero attached hydrogens (tertiary/aromatic N) is 2. The van der Waals surface area contributed by atoms with Crippen molar-refractivity contribution in [3.8, 4) is 0 Å². The Morgan fingerprint density at radius 3 is 2.28 bits per heavy atom. The van der Waals surface area contributed by atoms with Crippen LogP contribution >= 0.6 is 0 Å². The molecule has 0 aliphatic rings. The van der Waals surface area contributed by atoms with Crippen LogP contribution in [0.5, 0.6) is 0 Å². The number of hydrogen-bond acceptors (Lipinski definition) is 2. The molecule has 134 valence electrons. The molecule has 0 spiro atoms. The zero-order chi connectivity index (χ0) is 18.1. The Morgan fingerprint density at radius 1 is 0.960 bits per heavy atom. The highest BCUT2D eigenvalue weighted by atomic mass is 15.1. The highest BCUT2D eigenvalue weighted by Gasteiger charge is 2.02. The van der Waals surface area contributed by atoms with Crippen LogP contribution in [0.25, 0.3) is 0 Å². The van der Waals surface area contributed by atoms with E-state index in [0.717, 1.165) is 31.7 Å². The molecule has 0 atom stereocenters. The minimum Gasteiger partial charge on any atom is -0.370 e. The van der Waals surface area contributed by atoms with Crippen LogP contribution in [-0.4, -0.2) is 23.9 Å². The molecule has 0 unspecified atom stereocenters. The second-order valence-electron chi connectivity index (χ2n) is 6.16. The summed E-state index contributed by atoms with van der Waals surface area (Å²) < 4.78 is 0. The van der Waals surface area contributed by atoms with Gasteiger partial charge in [-0.3, -0.25) is 4.90 Å². The van der Waals surface area contributed by atoms with E-state index in [9.17, 15) is 0 Å². The third-order valence-corrected chi connectivity index (χ3v) is 4.36. The van der Waals surface area contributed by atoms with Gasteiger partial charge in [-0.2, -0.15) is 0 Å². The van der Waals surface area contributed by atoms with E-state index in [0.29, 0.717) is 12.5 Å². The van der Waals surface area contributed by atoms with Crippen molar-refractivity contribution in [2.24, 2.45) is 10.7 Å². The monoisotopic (exact) mass is 338 g/mol. The van der Waals surface area contributed by atoms with E-state index in [1.54, 1.807) is 0 Å². The number of guanidine groups is 1. The fourth-order valence-corrected chi connectivity index (χ4v) is 2.72. The van der Waals surface area contributed by atoms with Gasteiger partial charge in [-0.25, -0.2) is 4.99 Å². The van der Waals surface area contributed by atoms with Crippen LogP contribution in [0.15, 0.2) is 53.5 Å². The molecular weight excluding hydrogens is 308 g/mol. The second-order valence-corrected chi connectivity index (χ2v) is 6.16. The number of aliphatic imine (C=N–C) groups is 1. The minimum absolute atomic E-state index is 0.443. The number of nitrogens with one attached hydrogen (secondary N) is 1. The van der Waals surface area contributed by atoms with Crippen LogP contribution < -0.4 is 11.1 Å². The summed E-state index contributed by atoms with van der Waals surface area (Å²) in [5, 5.41) is 3.15. The molecule has 0 aliphatic carbocycles. The van der Waals surface area contributed by atoms with Gasteiger partial charge < -0.3 is 11.1 Å². The molecule has 25 heavy (non-hydrogen) atoms. The van der Waals surface area contributed by atoms with Crippen molar-refractivity contribution < 1.29 is 0 Å². The zero-order valence-corrected chi connectivity index (χ0v) is 15.6. The van der Waals surface area contributed by atoms with Crippen LogP contribution in [0.3, 0.4) is 0 Å². The maximum Gasteiger partial charge on any atom is 0.193 e. The number of anilines is 1. The average Bonchev–Trinajstić information content (AvgIpc) is 2.65. The van der Waals surface area contributed by atoms with Gasteiger partial charge in [0.25, 0.3) is 0 Å². The zero-order valence-electron chi connectivity index (χ0n) is 15.6. The molecule has 2 rings (SSSR count). The predicted molar refractivity (Wildman–Crippen MR) is 108 cm³/mol. The number of nitrogens with two attached hydrogens (primary N) is 1. The Morgan fingerprint density at radius 2 is 1.64 bits per heavy atom. The van der Waals surface area contributed by atoms with Gasteiger partial charge in [0.1, 0.15) is 0 Å². The molecular formula is C21H30N4. The van der Waals surface area contributed by atoms with Gasteiger partial charge >= 0.3 is 0 Å². The van der Waals surface area contributed by atoms with Crippen molar-refractivity contribution in [1.29, 1.82) is 0 Å². The fraction of sp³-hybridized carbons (Fsp3) is 0.381. The quantitative estimate of drug-likeness (QED) is 0.565. The van der Waals surface area contributed by atoms with Gasteiger partial charge in [-0.05, 0) is 48.3 Å². The highest BCUT2D eigenvalue weighted by molar-refractivity contribution is 5.92. The second kappa shape index (κ2) is 9.84. The lowest BCUT2D eigenvalue weighted by atomic mass is 10.1. The Hall–Kier alpha value is -2.33. The van der Waals surface area contributed by atoms with Crippen LogP contribution in [0, 0.1) is 0 Å². The molecule has 0 fully saturated rings. The van der Waals surface area contributed by atoms with Crippen molar-refractivity contribution in [1.82, 2.24) is 4.90 Å². The Labute approximate surface area is 151 Å². The fourth-order valence-electron chi connectivity index (χ4n) is 2.72. The number of aryl methyl sites for hydroxylation is 1. The standard InChI is InChI=1S/C21H30N4/c1-4-17-10-12-20(13-11-17)24-21(22)23-15-18-8-7-9-19(14-18)16-25(5-2)6-3/h7-14H,4-6,15-16H2,1-3H3,(H3,22,23,24). The lowest BCUT2D eigenvalue weighted by Gasteiger charge is -2.18. The molecule has 0 aromatic heterocycles. The largest absolute Gasteiger partial charge is 0.370 e. The van der Waals surface area contributed by atoms with E-state index in [-0.39, 0.29) is 0 Å². The molecule has 0 radical (unpaired) electrons. The third-order valence-electron chi connectivity index (χ3n) is 4.36. The first-order valence-electron chi connectivity index (χ1n) is 9.10. The van der Waals surface area contributed by atoms with E-state index in [1.807, 2.05) is 12.1 Å². The topological polar surface area (TPSA) is 53.6 Å². The summed E-state index contributed by atoms with van der Waals surface area (Å²) >= 11 is 0. The molecule has 0 heterocycles. The third kappa shape index (κ3) is 6.24. The van der Waals surface area contributed by atoms with Gasteiger partial charge in [0.15, 0.2) is 5.96 Å². The summed E-state index contributed by atoms with van der Waals surface area (Å²) in [7, 11) is 0. The molecule has 0 saturated heterocycles. The van der Waals surface area contributed by atoms with Crippen molar-refractivity contribution in [3.63, 3.8) is 0 Å². The van der Waals surface area contributed by atoms with Crippen molar-refractivity contribution in [2.45, 2.75) is 40.3 Å². The molecule has 0 saturated carbocycles. The Balaban J connectivity index is 1.95. The summed E-state index contributed by atoms with van der Waals surface area (Å²) in [6, 6.07) is 16.8. The molecule has 2 aromatic rings. The van der Waals surface area contributed by atoms with E-state index < -0.39 is 0 Å². The van der Waals surface area contributed by atoms with Gasteiger partial charge in [-0.15, -0.1) is 0 Å². The van der Waals surface area contributed by atoms with E-state index >= 15 is 0 Å². The summed E-state index contributed by atoms with van der Waals surface area (Å²) in [4.78, 5) is 6.86. The molecule has 0 bridgehead atoms. The predicted octanol–water partition coefficient (Wildman–Crippen LogP) is 4.02. The number of benzene rings is 2. The first-order chi connectivity index (χ1) is 12.1. The minimum atomic E-state index is 0.443. The number of hydrogen-bond donors (Lipinski definition) is 2. The Kier molecular flexibility index (Phi) is 7.48. The van der Waals surface area contributed by atoms with E-state index in [2.05, 4.69) is 72.4 Å². The summed E-state index contributed by atoms with van der Waals surface area (Å²) in [6.45, 7) is 10.2. The van der Waals surface area contributed by atoms with Gasteiger partial charge in [0.05, 0.1) is 6.54 Å². The SMILES string of the molecule is CCc1ccc(NC(N)=NCc2cccc(CN(CC)CC)c2)cc1. The van der Waals surface area contributed by atoms with Gasteiger partial charge in [0.2, 0.25) is 0 Å². The molecule has 4 nitrogen and oxygen atoms in total. The van der Waals surface area contributed by atoms with Crippen LogP contribution in [0.1, 0.15) is 37.5 Å². The highest BCUT2D eigenvalue weighted by Crippen LogP contribution is 2.11. The summed E-state index contributed by atoms with van der Waals surface area (Å²) in [5.41, 5.74) is 10.8. The first-order valence-corrected chi connectivity index (χ1v) is 9.10. The molecule has 3 N–H and O–H groups in total. The molecule has 0 amide bonds. The van der Waals surface area contributed by atoms with Crippen LogP contribution in [-0.2, 0) is 19.5 Å². The molecule has 2 aromatic carbocycles. The summed E-state index contributed by atoms with van der Waals surface area (Å²) in [6.07, 6.45) is 1.04. The first kappa shape index (κ1) is 19.0.